The van der Waals surface area contributed by atoms with Crippen molar-refractivity contribution in [3.8, 4) is 0 Å². The lowest BCUT2D eigenvalue weighted by atomic mass is 10.0. The topological polar surface area (TPSA) is 113 Å². The van der Waals surface area contributed by atoms with Gasteiger partial charge in [-0.15, -0.1) is 0 Å². The van der Waals surface area contributed by atoms with E-state index in [0.717, 1.165) is 0 Å². The summed E-state index contributed by atoms with van der Waals surface area (Å²) >= 11 is 6.00. The number of rotatable bonds is 3. The number of halogens is 1. The lowest BCUT2D eigenvalue weighted by Gasteiger charge is -2.36. The van der Waals surface area contributed by atoms with Crippen LogP contribution in [0.1, 0.15) is 29.4 Å². The molecule has 0 N–H and O–H groups in total. The summed E-state index contributed by atoms with van der Waals surface area (Å²) in [6, 6.07) is 4.86. The Balaban J connectivity index is 1.31. The van der Waals surface area contributed by atoms with Gasteiger partial charge in [0.2, 0.25) is 0 Å². The fourth-order valence-electron chi connectivity index (χ4n) is 3.70. The first kappa shape index (κ1) is 18.3. The molecular weight excluding hydrogens is 404 g/mol. The first-order chi connectivity index (χ1) is 14.0. The molecule has 0 radical (unpaired) electrons. The molecule has 0 unspecified atom stereocenters. The minimum absolute atomic E-state index is 0.00620. The van der Waals surface area contributed by atoms with Gasteiger partial charge in [-0.05, 0) is 18.2 Å². The number of nitrogens with zero attached hydrogens (tertiary/aromatic N) is 4. The number of carbonyl (C=O) groups excluding carboxylic acids is 1. The SMILES string of the molecule is O=C(c1nc(Cn2c(=O)oc3ccc(Cl)cc32)no1)N1CCC2(CC1)OCCO2. The number of likely N-dealkylation sites (tertiary alicyclic amines) is 1. The summed E-state index contributed by atoms with van der Waals surface area (Å²) < 4.78 is 23.0. The van der Waals surface area contributed by atoms with E-state index in [-0.39, 0.29) is 24.2 Å². The van der Waals surface area contributed by atoms with Crippen molar-refractivity contribution in [1.29, 1.82) is 0 Å². The summed E-state index contributed by atoms with van der Waals surface area (Å²) in [5, 5.41) is 4.30. The summed E-state index contributed by atoms with van der Waals surface area (Å²) in [4.78, 5) is 30.6. The monoisotopic (exact) mass is 420 g/mol. The van der Waals surface area contributed by atoms with Gasteiger partial charge in [0.05, 0.1) is 25.3 Å². The van der Waals surface area contributed by atoms with Crippen molar-refractivity contribution in [3.63, 3.8) is 0 Å². The molecule has 0 saturated carbocycles. The van der Waals surface area contributed by atoms with Gasteiger partial charge in [0.1, 0.15) is 0 Å². The predicted octanol–water partition coefficient (Wildman–Crippen LogP) is 1.66. The van der Waals surface area contributed by atoms with Crippen molar-refractivity contribution < 1.29 is 23.2 Å². The van der Waals surface area contributed by atoms with E-state index in [9.17, 15) is 9.59 Å². The zero-order valence-corrected chi connectivity index (χ0v) is 16.1. The van der Waals surface area contributed by atoms with E-state index < -0.39 is 11.5 Å². The van der Waals surface area contributed by atoms with Gasteiger partial charge in [-0.25, -0.2) is 4.79 Å². The summed E-state index contributed by atoms with van der Waals surface area (Å²) in [6.07, 6.45) is 1.19. The molecular formula is C18H17ClN4O6. The van der Waals surface area contributed by atoms with Gasteiger partial charge in [0.25, 0.3) is 0 Å². The van der Waals surface area contributed by atoms with Crippen LogP contribution in [0.3, 0.4) is 0 Å². The Kier molecular flexibility index (Phi) is 4.41. The van der Waals surface area contributed by atoms with Gasteiger partial charge in [-0.1, -0.05) is 16.8 Å². The Hall–Kier alpha value is -2.69. The summed E-state index contributed by atoms with van der Waals surface area (Å²) in [5.41, 5.74) is 0.913. The Bertz CT molecular complexity index is 1120. The fraction of sp³-hybridized carbons (Fsp3) is 0.444. The van der Waals surface area contributed by atoms with Crippen LogP contribution in [-0.2, 0) is 16.0 Å². The number of hydrogen-bond donors (Lipinski definition) is 0. The molecule has 3 aromatic rings. The van der Waals surface area contributed by atoms with E-state index >= 15 is 0 Å². The molecule has 2 saturated heterocycles. The summed E-state index contributed by atoms with van der Waals surface area (Å²) in [5.74, 6) is -1.43. The van der Waals surface area contributed by atoms with Crippen molar-refractivity contribution in [2.45, 2.75) is 25.2 Å². The summed E-state index contributed by atoms with van der Waals surface area (Å²) in [7, 11) is 0. The number of hydrogen-bond acceptors (Lipinski definition) is 8. The first-order valence-corrected chi connectivity index (χ1v) is 9.59. The van der Waals surface area contributed by atoms with Crippen molar-refractivity contribution in [3.05, 3.63) is 45.5 Å². The minimum atomic E-state index is -0.571. The second kappa shape index (κ2) is 6.97. The molecule has 2 fully saturated rings. The van der Waals surface area contributed by atoms with Crippen LogP contribution in [-0.4, -0.2) is 57.6 Å². The normalized spacial score (nSPS) is 18.7. The zero-order valence-electron chi connectivity index (χ0n) is 15.3. The van der Waals surface area contributed by atoms with E-state index in [0.29, 0.717) is 55.3 Å². The number of oxazole rings is 1. The van der Waals surface area contributed by atoms with Crippen LogP contribution in [0.2, 0.25) is 5.02 Å². The molecule has 152 valence electrons. The largest absolute Gasteiger partial charge is 0.420 e. The van der Waals surface area contributed by atoms with Crippen LogP contribution in [0.5, 0.6) is 0 Å². The molecule has 2 aromatic heterocycles. The maximum absolute atomic E-state index is 12.7. The molecule has 1 amide bonds. The van der Waals surface area contributed by atoms with E-state index in [4.69, 9.17) is 30.0 Å². The highest BCUT2D eigenvalue weighted by Gasteiger charge is 2.41. The van der Waals surface area contributed by atoms with Crippen LogP contribution in [0.15, 0.2) is 31.9 Å². The van der Waals surface area contributed by atoms with E-state index in [1.807, 2.05) is 0 Å². The van der Waals surface area contributed by atoms with Gasteiger partial charge in [-0.3, -0.25) is 9.36 Å². The Morgan fingerprint density at radius 2 is 1.97 bits per heavy atom. The Morgan fingerprint density at radius 3 is 2.72 bits per heavy atom. The molecule has 2 aliphatic rings. The highest BCUT2D eigenvalue weighted by molar-refractivity contribution is 6.31. The average Bonchev–Trinajstić information content (AvgIpc) is 3.43. The molecule has 1 aromatic carbocycles. The highest BCUT2D eigenvalue weighted by Crippen LogP contribution is 2.31. The predicted molar refractivity (Wildman–Crippen MR) is 98.7 cm³/mol. The smallest absolute Gasteiger partial charge is 0.408 e. The molecule has 29 heavy (non-hydrogen) atoms. The number of benzene rings is 1. The second-order valence-corrected chi connectivity index (χ2v) is 7.42. The minimum Gasteiger partial charge on any atom is -0.408 e. The van der Waals surface area contributed by atoms with Crippen molar-refractivity contribution in [1.82, 2.24) is 19.6 Å². The lowest BCUT2D eigenvalue weighted by molar-refractivity contribution is -0.181. The standard InChI is InChI=1S/C18H17ClN4O6/c19-11-1-2-13-12(9-11)23(17(25)28-13)10-14-20-15(29-21-14)16(24)22-5-3-18(4-6-22)26-7-8-27-18/h1-2,9H,3-8,10H2. The Labute approximate surface area is 168 Å². The first-order valence-electron chi connectivity index (χ1n) is 9.22. The molecule has 0 bridgehead atoms. The van der Waals surface area contributed by atoms with Crippen molar-refractivity contribution in [2.75, 3.05) is 26.3 Å². The third-order valence-electron chi connectivity index (χ3n) is 5.21. The van der Waals surface area contributed by atoms with E-state index in [1.165, 1.54) is 4.57 Å². The van der Waals surface area contributed by atoms with Crippen LogP contribution in [0, 0.1) is 0 Å². The number of ether oxygens (including phenoxy) is 2. The van der Waals surface area contributed by atoms with Gasteiger partial charge >= 0.3 is 17.6 Å². The van der Waals surface area contributed by atoms with Crippen molar-refractivity contribution >= 4 is 28.6 Å². The molecule has 10 nitrogen and oxygen atoms in total. The number of piperidine rings is 1. The maximum atomic E-state index is 12.7. The average molecular weight is 421 g/mol. The van der Waals surface area contributed by atoms with Crippen LogP contribution in [0.25, 0.3) is 11.1 Å². The van der Waals surface area contributed by atoms with Crippen LogP contribution < -0.4 is 5.76 Å². The molecule has 1 spiro atoms. The quantitative estimate of drug-likeness (QED) is 0.628. The van der Waals surface area contributed by atoms with Gasteiger partial charge in [0, 0.05) is 31.0 Å². The summed E-state index contributed by atoms with van der Waals surface area (Å²) in [6.45, 7) is 2.10. The molecule has 11 heteroatoms. The third kappa shape index (κ3) is 3.33. The second-order valence-electron chi connectivity index (χ2n) is 6.98. The Morgan fingerprint density at radius 1 is 1.21 bits per heavy atom. The number of carbonyl (C=O) groups is 1. The van der Waals surface area contributed by atoms with Crippen molar-refractivity contribution in [2.24, 2.45) is 0 Å². The van der Waals surface area contributed by atoms with Gasteiger partial charge < -0.3 is 23.3 Å². The molecule has 4 heterocycles. The number of fused-ring (bicyclic) bond motifs is 1. The van der Waals surface area contributed by atoms with E-state index in [1.54, 1.807) is 23.1 Å². The number of amides is 1. The fourth-order valence-corrected chi connectivity index (χ4v) is 3.87. The molecule has 0 atom stereocenters. The zero-order chi connectivity index (χ0) is 20.0. The van der Waals surface area contributed by atoms with Gasteiger partial charge in [-0.2, -0.15) is 4.98 Å². The third-order valence-corrected chi connectivity index (χ3v) is 5.44. The van der Waals surface area contributed by atoms with E-state index in [2.05, 4.69) is 10.1 Å². The van der Waals surface area contributed by atoms with Crippen LogP contribution >= 0.6 is 11.6 Å². The lowest BCUT2D eigenvalue weighted by Crippen LogP contribution is -2.47. The molecule has 5 rings (SSSR count). The highest BCUT2D eigenvalue weighted by atomic mass is 35.5. The van der Waals surface area contributed by atoms with Gasteiger partial charge in [0.15, 0.2) is 17.2 Å². The molecule has 2 aliphatic heterocycles. The maximum Gasteiger partial charge on any atom is 0.420 e. The molecule has 0 aliphatic carbocycles. The van der Waals surface area contributed by atoms with Crippen LogP contribution in [0.4, 0.5) is 0 Å². The number of aromatic nitrogens is 3.